The van der Waals surface area contributed by atoms with Crippen molar-refractivity contribution in [2.75, 3.05) is 0 Å². The third kappa shape index (κ3) is 5.09. The number of hydrogen-bond acceptors (Lipinski definition) is 6. The zero-order valence-electron chi connectivity index (χ0n) is 13.1. The molecule has 0 aliphatic carbocycles. The second-order valence-electron chi connectivity index (χ2n) is 4.93. The van der Waals surface area contributed by atoms with E-state index in [-0.39, 0.29) is 18.3 Å². The lowest BCUT2D eigenvalue weighted by Crippen LogP contribution is -2.00. The van der Waals surface area contributed by atoms with Crippen LogP contribution in [0.25, 0.3) is 11.3 Å². The van der Waals surface area contributed by atoms with Gasteiger partial charge in [0.15, 0.2) is 12.4 Å². The van der Waals surface area contributed by atoms with Crippen LogP contribution in [0.3, 0.4) is 0 Å². The molecule has 0 fully saturated rings. The van der Waals surface area contributed by atoms with Gasteiger partial charge in [-0.2, -0.15) is 0 Å². The lowest BCUT2D eigenvalue weighted by atomic mass is 10.2. The Morgan fingerprint density at radius 2 is 2.12 bits per heavy atom. The maximum atomic E-state index is 12.9. The molecule has 1 aromatic carbocycles. The number of thioether (sulfide) groups is 1. The van der Waals surface area contributed by atoms with Gasteiger partial charge in [0.1, 0.15) is 11.6 Å². The van der Waals surface area contributed by atoms with E-state index < -0.39 is 5.97 Å². The highest BCUT2D eigenvalue weighted by molar-refractivity contribution is 8.01. The van der Waals surface area contributed by atoms with Crippen molar-refractivity contribution in [3.05, 3.63) is 77.8 Å². The van der Waals surface area contributed by atoms with Crippen LogP contribution in [0.15, 0.2) is 69.2 Å². The highest BCUT2D eigenvalue weighted by Gasteiger charge is 2.08. The molecule has 0 aliphatic rings. The van der Waals surface area contributed by atoms with E-state index in [1.54, 1.807) is 23.8 Å². The summed E-state index contributed by atoms with van der Waals surface area (Å²) in [5.41, 5.74) is 0.695. The van der Waals surface area contributed by atoms with E-state index in [4.69, 9.17) is 13.6 Å². The monoisotopic (exact) mass is 359 g/mol. The molecule has 7 heteroatoms. The van der Waals surface area contributed by atoms with E-state index in [1.165, 1.54) is 36.2 Å². The predicted molar refractivity (Wildman–Crippen MR) is 90.8 cm³/mol. The second kappa shape index (κ2) is 8.34. The number of nitrogens with zero attached hydrogens (tertiary/aromatic N) is 1. The molecule has 0 radical (unpaired) electrons. The largest absolute Gasteiger partial charge is 0.468 e. The van der Waals surface area contributed by atoms with Crippen molar-refractivity contribution in [3.8, 4) is 11.3 Å². The zero-order valence-corrected chi connectivity index (χ0v) is 13.9. The van der Waals surface area contributed by atoms with Crippen LogP contribution in [0.4, 0.5) is 4.39 Å². The minimum Gasteiger partial charge on any atom is -0.468 e. The molecule has 0 spiro atoms. The Bertz CT molecular complexity index is 840. The Labute approximate surface area is 147 Å². The van der Waals surface area contributed by atoms with Gasteiger partial charge in [0.2, 0.25) is 5.89 Å². The van der Waals surface area contributed by atoms with Crippen molar-refractivity contribution in [1.82, 2.24) is 4.98 Å². The number of oxazole rings is 1. The summed E-state index contributed by atoms with van der Waals surface area (Å²) in [6.45, 7) is -0.0762. The average Bonchev–Trinajstić information content (AvgIpc) is 3.29. The SMILES string of the molecule is O=C(C=CSCc1ccco1)OCc1ncc(-c2ccc(F)cc2)o1. The first-order chi connectivity index (χ1) is 12.2. The second-order valence-corrected chi connectivity index (χ2v) is 5.82. The quantitative estimate of drug-likeness (QED) is 0.455. The normalized spacial score (nSPS) is 11.1. The number of hydrogen-bond donors (Lipinski definition) is 0. The molecule has 128 valence electrons. The first-order valence-electron chi connectivity index (χ1n) is 7.38. The first kappa shape index (κ1) is 17.0. The maximum absolute atomic E-state index is 12.9. The topological polar surface area (TPSA) is 65.5 Å². The van der Waals surface area contributed by atoms with E-state index in [0.717, 1.165) is 5.76 Å². The summed E-state index contributed by atoms with van der Waals surface area (Å²) in [7, 11) is 0. The number of esters is 1. The minimum absolute atomic E-state index is 0.0762. The summed E-state index contributed by atoms with van der Waals surface area (Å²) in [6.07, 6.45) is 4.44. The fourth-order valence-corrected chi connectivity index (χ4v) is 2.57. The van der Waals surface area contributed by atoms with Crippen LogP contribution in [-0.4, -0.2) is 11.0 Å². The molecular weight excluding hydrogens is 345 g/mol. The third-order valence-electron chi connectivity index (χ3n) is 3.13. The molecule has 0 amide bonds. The van der Waals surface area contributed by atoms with Gasteiger partial charge in [0.25, 0.3) is 0 Å². The van der Waals surface area contributed by atoms with Gasteiger partial charge in [0.05, 0.1) is 18.2 Å². The van der Waals surface area contributed by atoms with E-state index >= 15 is 0 Å². The van der Waals surface area contributed by atoms with Gasteiger partial charge in [-0.05, 0) is 41.8 Å². The van der Waals surface area contributed by atoms with Gasteiger partial charge in [-0.15, -0.1) is 11.8 Å². The lowest BCUT2D eigenvalue weighted by molar-refractivity contribution is -0.139. The van der Waals surface area contributed by atoms with Gasteiger partial charge in [-0.25, -0.2) is 14.2 Å². The summed E-state index contributed by atoms with van der Waals surface area (Å²) in [5.74, 6) is 1.40. The molecule has 3 rings (SSSR count). The van der Waals surface area contributed by atoms with Crippen LogP contribution in [0.5, 0.6) is 0 Å². The smallest absolute Gasteiger partial charge is 0.331 e. The molecule has 0 atom stereocenters. The summed E-state index contributed by atoms with van der Waals surface area (Å²) < 4.78 is 28.6. The van der Waals surface area contributed by atoms with Crippen molar-refractivity contribution in [2.45, 2.75) is 12.4 Å². The van der Waals surface area contributed by atoms with E-state index in [1.807, 2.05) is 12.1 Å². The molecule has 0 saturated heterocycles. The molecule has 0 unspecified atom stereocenters. The molecular formula is C18H14FNO4S. The Balaban J connectivity index is 1.45. The van der Waals surface area contributed by atoms with E-state index in [0.29, 0.717) is 17.1 Å². The van der Waals surface area contributed by atoms with E-state index in [2.05, 4.69) is 4.98 Å². The molecule has 0 aliphatic heterocycles. The standard InChI is InChI=1S/C18H14FNO4S/c19-14-5-3-13(4-6-14)16-10-20-17(24-16)11-23-18(21)7-9-25-12-15-2-1-8-22-15/h1-10H,11-12H2. The van der Waals surface area contributed by atoms with E-state index in [9.17, 15) is 9.18 Å². The summed E-state index contributed by atoms with van der Waals surface area (Å²) in [5, 5.41) is 1.64. The fraction of sp³-hybridized carbons (Fsp3) is 0.111. The third-order valence-corrected chi connectivity index (χ3v) is 3.91. The maximum Gasteiger partial charge on any atom is 0.331 e. The number of furan rings is 1. The van der Waals surface area contributed by atoms with Gasteiger partial charge in [-0.1, -0.05) is 0 Å². The van der Waals surface area contributed by atoms with Crippen molar-refractivity contribution < 1.29 is 22.8 Å². The van der Waals surface area contributed by atoms with Crippen molar-refractivity contribution in [1.29, 1.82) is 0 Å². The number of ether oxygens (including phenoxy) is 1. The molecule has 0 bridgehead atoms. The number of benzene rings is 1. The molecule has 0 saturated carbocycles. The van der Waals surface area contributed by atoms with Gasteiger partial charge < -0.3 is 13.6 Å². The van der Waals surface area contributed by atoms with Crippen LogP contribution in [0, 0.1) is 5.82 Å². The summed E-state index contributed by atoms with van der Waals surface area (Å²) >= 11 is 1.42. The van der Waals surface area contributed by atoms with Crippen molar-refractivity contribution in [2.24, 2.45) is 0 Å². The van der Waals surface area contributed by atoms with Gasteiger partial charge in [-0.3, -0.25) is 0 Å². The van der Waals surface area contributed by atoms with Crippen molar-refractivity contribution >= 4 is 17.7 Å². The molecule has 5 nitrogen and oxygen atoms in total. The molecule has 2 heterocycles. The highest BCUT2D eigenvalue weighted by atomic mass is 32.2. The van der Waals surface area contributed by atoms with Crippen LogP contribution in [-0.2, 0) is 21.9 Å². The zero-order chi connectivity index (χ0) is 17.5. The predicted octanol–water partition coefficient (Wildman–Crippen LogP) is 4.56. The molecule has 3 aromatic rings. The Kier molecular flexibility index (Phi) is 5.69. The number of rotatable bonds is 7. The fourth-order valence-electron chi connectivity index (χ4n) is 1.93. The van der Waals surface area contributed by atoms with Crippen molar-refractivity contribution in [3.63, 3.8) is 0 Å². The Morgan fingerprint density at radius 1 is 1.28 bits per heavy atom. The highest BCUT2D eigenvalue weighted by Crippen LogP contribution is 2.21. The molecule has 2 aromatic heterocycles. The van der Waals surface area contributed by atoms with Gasteiger partial charge in [0, 0.05) is 11.6 Å². The number of halogens is 1. The van der Waals surface area contributed by atoms with Gasteiger partial charge >= 0.3 is 5.97 Å². The molecule has 0 N–H and O–H groups in total. The summed E-state index contributed by atoms with van der Waals surface area (Å²) in [4.78, 5) is 15.7. The van der Waals surface area contributed by atoms with Crippen LogP contribution in [0.1, 0.15) is 11.7 Å². The minimum atomic E-state index is -0.492. The number of carbonyl (C=O) groups is 1. The first-order valence-corrected chi connectivity index (χ1v) is 8.43. The van der Waals surface area contributed by atoms with Crippen LogP contribution in [0.2, 0.25) is 0 Å². The lowest BCUT2D eigenvalue weighted by Gasteiger charge is -1.98. The molecule has 25 heavy (non-hydrogen) atoms. The van der Waals surface area contributed by atoms with Crippen LogP contribution >= 0.6 is 11.8 Å². The Hall–Kier alpha value is -2.80. The number of aromatic nitrogens is 1. The Morgan fingerprint density at radius 3 is 2.88 bits per heavy atom. The number of carbonyl (C=O) groups excluding carboxylic acids is 1. The van der Waals surface area contributed by atoms with Crippen LogP contribution < -0.4 is 0 Å². The average molecular weight is 359 g/mol. The summed E-state index contributed by atoms with van der Waals surface area (Å²) in [6, 6.07) is 9.52.